The Labute approximate surface area is 161 Å². The zero-order chi connectivity index (χ0) is 18.7. The van der Waals surface area contributed by atoms with E-state index in [9.17, 15) is 10.2 Å². The predicted octanol–water partition coefficient (Wildman–Crippen LogP) is 2.93. The predicted molar refractivity (Wildman–Crippen MR) is 108 cm³/mol. The second kappa shape index (κ2) is 8.11. The van der Waals surface area contributed by atoms with Crippen LogP contribution < -0.4 is 10.6 Å². The average molecular weight is 367 g/mol. The molecule has 1 aliphatic heterocycles. The smallest absolute Gasteiger partial charge is 0.0897 e. The topological polar surface area (TPSA) is 64.5 Å². The lowest BCUT2D eigenvalue weighted by atomic mass is 9.77. The van der Waals surface area contributed by atoms with E-state index in [0.29, 0.717) is 12.1 Å². The molecule has 4 N–H and O–H groups in total. The number of aliphatic hydroxyl groups is 2. The third kappa shape index (κ3) is 4.09. The number of benzene rings is 2. The van der Waals surface area contributed by atoms with Crippen molar-refractivity contribution in [2.75, 3.05) is 13.1 Å². The van der Waals surface area contributed by atoms with Crippen LogP contribution in [-0.2, 0) is 12.2 Å². The molecule has 2 aromatic rings. The SMILES string of the molecule is OCc1ccccc1-c1ccc(C2(O)CCC(N[C@H]3CCNC3)CC2)cc1. The molecule has 0 spiro atoms. The summed E-state index contributed by atoms with van der Waals surface area (Å²) in [4.78, 5) is 0. The number of hydrogen-bond acceptors (Lipinski definition) is 4. The van der Waals surface area contributed by atoms with Crippen molar-refractivity contribution in [2.24, 2.45) is 0 Å². The lowest BCUT2D eigenvalue weighted by Gasteiger charge is -2.37. The van der Waals surface area contributed by atoms with Gasteiger partial charge in [-0.2, -0.15) is 0 Å². The van der Waals surface area contributed by atoms with Gasteiger partial charge in [0.2, 0.25) is 0 Å². The summed E-state index contributed by atoms with van der Waals surface area (Å²) in [6.45, 7) is 2.21. The summed E-state index contributed by atoms with van der Waals surface area (Å²) in [6.07, 6.45) is 4.84. The van der Waals surface area contributed by atoms with Gasteiger partial charge in [0.25, 0.3) is 0 Å². The van der Waals surface area contributed by atoms with Crippen molar-refractivity contribution < 1.29 is 10.2 Å². The van der Waals surface area contributed by atoms with Crippen LogP contribution in [0.5, 0.6) is 0 Å². The lowest BCUT2D eigenvalue weighted by Crippen LogP contribution is -2.44. The van der Waals surface area contributed by atoms with Gasteiger partial charge in [-0.1, -0.05) is 48.5 Å². The van der Waals surface area contributed by atoms with Crippen LogP contribution in [0.1, 0.15) is 43.2 Å². The lowest BCUT2D eigenvalue weighted by molar-refractivity contribution is -0.00916. The van der Waals surface area contributed by atoms with Crippen molar-refractivity contribution in [3.63, 3.8) is 0 Å². The molecule has 2 aliphatic rings. The Bertz CT molecular complexity index is 745. The number of nitrogens with one attached hydrogen (secondary N) is 2. The van der Waals surface area contributed by atoms with E-state index in [1.165, 1.54) is 6.42 Å². The summed E-state index contributed by atoms with van der Waals surface area (Å²) < 4.78 is 0. The van der Waals surface area contributed by atoms with Crippen molar-refractivity contribution in [1.29, 1.82) is 0 Å². The second-order valence-corrected chi connectivity index (χ2v) is 8.05. The molecule has 4 heteroatoms. The normalized spacial score (nSPS) is 28.4. The van der Waals surface area contributed by atoms with Gasteiger partial charge < -0.3 is 20.8 Å². The van der Waals surface area contributed by atoms with Gasteiger partial charge in [0.05, 0.1) is 12.2 Å². The standard InChI is InChI=1S/C23H30N2O2/c26-16-18-3-1-2-4-22(18)17-5-7-19(8-6-17)23(27)12-9-20(10-13-23)25-21-11-14-24-15-21/h1-8,20-21,24-27H,9-16H2/t20?,21-,23?/m0/s1. The van der Waals surface area contributed by atoms with Gasteiger partial charge in [-0.05, 0) is 60.9 Å². The van der Waals surface area contributed by atoms with E-state index in [1.807, 2.05) is 24.3 Å². The molecule has 2 fully saturated rings. The van der Waals surface area contributed by atoms with Crippen LogP contribution in [0.4, 0.5) is 0 Å². The van der Waals surface area contributed by atoms with E-state index < -0.39 is 5.60 Å². The molecule has 1 heterocycles. The molecule has 0 unspecified atom stereocenters. The number of hydrogen-bond donors (Lipinski definition) is 4. The summed E-state index contributed by atoms with van der Waals surface area (Å²) in [5.74, 6) is 0. The fourth-order valence-corrected chi connectivity index (χ4v) is 4.58. The summed E-state index contributed by atoms with van der Waals surface area (Å²) >= 11 is 0. The van der Waals surface area contributed by atoms with Crippen LogP contribution in [0.15, 0.2) is 48.5 Å². The van der Waals surface area contributed by atoms with Crippen molar-refractivity contribution in [3.8, 4) is 11.1 Å². The zero-order valence-electron chi connectivity index (χ0n) is 15.8. The van der Waals surface area contributed by atoms with Gasteiger partial charge in [0.15, 0.2) is 0 Å². The fourth-order valence-electron chi connectivity index (χ4n) is 4.58. The molecule has 4 nitrogen and oxygen atoms in total. The van der Waals surface area contributed by atoms with Gasteiger partial charge in [-0.25, -0.2) is 0 Å². The first-order valence-electron chi connectivity index (χ1n) is 10.2. The summed E-state index contributed by atoms with van der Waals surface area (Å²) in [5, 5.41) is 27.9. The van der Waals surface area contributed by atoms with Gasteiger partial charge in [0, 0.05) is 18.6 Å². The molecule has 1 atom stereocenters. The minimum Gasteiger partial charge on any atom is -0.392 e. The molecule has 27 heavy (non-hydrogen) atoms. The van der Waals surface area contributed by atoms with Crippen LogP contribution in [0.3, 0.4) is 0 Å². The van der Waals surface area contributed by atoms with Crippen LogP contribution >= 0.6 is 0 Å². The molecular formula is C23H30N2O2. The Morgan fingerprint density at radius 2 is 1.70 bits per heavy atom. The monoisotopic (exact) mass is 366 g/mol. The molecule has 1 saturated heterocycles. The summed E-state index contributed by atoms with van der Waals surface area (Å²) in [5.41, 5.74) is 3.35. The third-order valence-corrected chi connectivity index (χ3v) is 6.27. The summed E-state index contributed by atoms with van der Waals surface area (Å²) in [7, 11) is 0. The number of aliphatic hydroxyl groups excluding tert-OH is 1. The van der Waals surface area contributed by atoms with E-state index in [-0.39, 0.29) is 6.61 Å². The first kappa shape index (κ1) is 18.6. The van der Waals surface area contributed by atoms with Crippen LogP contribution in [0, 0.1) is 0 Å². The quantitative estimate of drug-likeness (QED) is 0.657. The molecule has 0 amide bonds. The minimum absolute atomic E-state index is 0.0345. The first-order valence-corrected chi connectivity index (χ1v) is 10.2. The van der Waals surface area contributed by atoms with Gasteiger partial charge in [-0.3, -0.25) is 0 Å². The Kier molecular flexibility index (Phi) is 5.60. The molecule has 1 saturated carbocycles. The second-order valence-electron chi connectivity index (χ2n) is 8.05. The Hall–Kier alpha value is -1.72. The van der Waals surface area contributed by atoms with Crippen LogP contribution in [0.2, 0.25) is 0 Å². The highest BCUT2D eigenvalue weighted by Gasteiger charge is 2.35. The van der Waals surface area contributed by atoms with Crippen LogP contribution in [-0.4, -0.2) is 35.4 Å². The van der Waals surface area contributed by atoms with Crippen molar-refractivity contribution in [1.82, 2.24) is 10.6 Å². The largest absolute Gasteiger partial charge is 0.392 e. The Balaban J connectivity index is 1.42. The highest BCUT2D eigenvalue weighted by molar-refractivity contribution is 5.67. The first-order chi connectivity index (χ1) is 13.2. The van der Waals surface area contributed by atoms with E-state index in [0.717, 1.165) is 61.0 Å². The van der Waals surface area contributed by atoms with Gasteiger partial charge in [0.1, 0.15) is 0 Å². The molecule has 0 radical (unpaired) electrons. The zero-order valence-corrected chi connectivity index (χ0v) is 15.8. The number of rotatable bonds is 5. The minimum atomic E-state index is -0.721. The average Bonchev–Trinajstić information content (AvgIpc) is 3.23. The molecule has 2 aromatic carbocycles. The Morgan fingerprint density at radius 3 is 2.37 bits per heavy atom. The molecule has 0 bridgehead atoms. The molecule has 0 aromatic heterocycles. The van der Waals surface area contributed by atoms with Gasteiger partial charge in [-0.15, -0.1) is 0 Å². The third-order valence-electron chi connectivity index (χ3n) is 6.27. The van der Waals surface area contributed by atoms with Crippen molar-refractivity contribution >= 4 is 0 Å². The van der Waals surface area contributed by atoms with Crippen molar-refractivity contribution in [2.45, 2.75) is 56.4 Å². The molecule has 4 rings (SSSR count). The van der Waals surface area contributed by atoms with Crippen molar-refractivity contribution in [3.05, 3.63) is 59.7 Å². The fraction of sp³-hybridized carbons (Fsp3) is 0.478. The van der Waals surface area contributed by atoms with E-state index in [1.54, 1.807) is 0 Å². The highest BCUT2D eigenvalue weighted by Crippen LogP contribution is 2.38. The highest BCUT2D eigenvalue weighted by atomic mass is 16.3. The van der Waals surface area contributed by atoms with E-state index >= 15 is 0 Å². The molecule has 144 valence electrons. The Morgan fingerprint density at radius 1 is 0.963 bits per heavy atom. The maximum Gasteiger partial charge on any atom is 0.0897 e. The maximum absolute atomic E-state index is 11.2. The van der Waals surface area contributed by atoms with Gasteiger partial charge >= 0.3 is 0 Å². The summed E-state index contributed by atoms with van der Waals surface area (Å²) in [6, 6.07) is 17.3. The molecular weight excluding hydrogens is 336 g/mol. The van der Waals surface area contributed by atoms with E-state index in [4.69, 9.17) is 0 Å². The molecule has 1 aliphatic carbocycles. The maximum atomic E-state index is 11.2. The van der Waals surface area contributed by atoms with E-state index in [2.05, 4.69) is 34.9 Å². The van der Waals surface area contributed by atoms with Crippen LogP contribution in [0.25, 0.3) is 11.1 Å².